The Morgan fingerprint density at radius 3 is 1.44 bits per heavy atom. The zero-order chi connectivity index (χ0) is 17.4. The summed E-state index contributed by atoms with van der Waals surface area (Å²) in [7, 11) is 0. The van der Waals surface area contributed by atoms with Gasteiger partial charge in [-0.3, -0.25) is 0 Å². The summed E-state index contributed by atoms with van der Waals surface area (Å²) in [5.41, 5.74) is 9.59. The van der Waals surface area contributed by atoms with Crippen molar-refractivity contribution in [2.45, 2.75) is 20.8 Å². The molecule has 2 nitrogen and oxygen atoms in total. The molecule has 0 aliphatic carbocycles. The van der Waals surface area contributed by atoms with Crippen molar-refractivity contribution in [3.63, 3.8) is 0 Å². The van der Waals surface area contributed by atoms with Crippen molar-refractivity contribution in [1.29, 1.82) is 0 Å². The molecule has 4 rings (SSSR count). The predicted molar refractivity (Wildman–Crippen MR) is 105 cm³/mol. The number of nitrogens with zero attached hydrogens (tertiary/aromatic N) is 2. The molecule has 0 spiro atoms. The van der Waals surface area contributed by atoms with Crippen molar-refractivity contribution in [3.8, 4) is 22.5 Å². The van der Waals surface area contributed by atoms with Crippen molar-refractivity contribution in [2.24, 2.45) is 0 Å². The maximum atomic E-state index is 4.97. The molecule has 1 heterocycles. The highest BCUT2D eigenvalue weighted by atomic mass is 14.8. The molecule has 0 aliphatic heterocycles. The topological polar surface area (TPSA) is 25.8 Å². The fourth-order valence-corrected chi connectivity index (χ4v) is 2.99. The van der Waals surface area contributed by atoms with Crippen LogP contribution >= 0.6 is 0 Å². The Kier molecular flexibility index (Phi) is 3.81. The van der Waals surface area contributed by atoms with Crippen LogP contribution in [0.3, 0.4) is 0 Å². The molecule has 0 unspecified atom stereocenters. The van der Waals surface area contributed by atoms with Crippen LogP contribution in [0.25, 0.3) is 33.5 Å². The van der Waals surface area contributed by atoms with Crippen LogP contribution < -0.4 is 0 Å². The Bertz CT molecular complexity index is 1050. The third kappa shape index (κ3) is 3.03. The van der Waals surface area contributed by atoms with Gasteiger partial charge in [-0.1, -0.05) is 65.7 Å². The minimum Gasteiger partial charge on any atom is -0.244 e. The van der Waals surface area contributed by atoms with Crippen LogP contribution in [0.5, 0.6) is 0 Å². The summed E-state index contributed by atoms with van der Waals surface area (Å²) in [4.78, 5) is 9.92. The van der Waals surface area contributed by atoms with Gasteiger partial charge in [0.1, 0.15) is 0 Å². The van der Waals surface area contributed by atoms with Gasteiger partial charge < -0.3 is 0 Å². The fraction of sp³-hybridized carbons (Fsp3) is 0.130. The molecule has 4 aromatic rings. The molecule has 0 N–H and O–H groups in total. The molecule has 0 amide bonds. The lowest BCUT2D eigenvalue weighted by Gasteiger charge is -2.11. The smallest absolute Gasteiger partial charge is 0.0973 e. The summed E-state index contributed by atoms with van der Waals surface area (Å²) in [6, 6.07) is 23.2. The highest BCUT2D eigenvalue weighted by Crippen LogP contribution is 2.31. The number of aryl methyl sites for hydroxylation is 3. The minimum atomic E-state index is 0.928. The van der Waals surface area contributed by atoms with Gasteiger partial charge in [-0.25, -0.2) is 9.97 Å². The first-order valence-corrected chi connectivity index (χ1v) is 8.53. The number of rotatable bonds is 2. The SMILES string of the molecule is Cc1ccc(-c2nc3ccc(C)cc3nc2-c2ccc(C)cc2)cc1. The molecule has 0 bridgehead atoms. The zero-order valence-corrected chi connectivity index (χ0v) is 14.7. The number of hydrogen-bond donors (Lipinski definition) is 0. The summed E-state index contributed by atoms with van der Waals surface area (Å²) < 4.78 is 0. The van der Waals surface area contributed by atoms with Gasteiger partial charge in [-0.05, 0) is 38.5 Å². The highest BCUT2D eigenvalue weighted by molar-refractivity contribution is 5.86. The monoisotopic (exact) mass is 324 g/mol. The number of fused-ring (bicyclic) bond motifs is 1. The van der Waals surface area contributed by atoms with E-state index in [1.807, 2.05) is 6.07 Å². The van der Waals surface area contributed by atoms with E-state index in [1.54, 1.807) is 0 Å². The Morgan fingerprint density at radius 2 is 0.920 bits per heavy atom. The van der Waals surface area contributed by atoms with Gasteiger partial charge in [0, 0.05) is 11.1 Å². The van der Waals surface area contributed by atoms with E-state index in [0.29, 0.717) is 0 Å². The van der Waals surface area contributed by atoms with E-state index in [9.17, 15) is 0 Å². The lowest BCUT2D eigenvalue weighted by Crippen LogP contribution is -1.96. The van der Waals surface area contributed by atoms with Crippen LogP contribution in [0, 0.1) is 20.8 Å². The van der Waals surface area contributed by atoms with Gasteiger partial charge in [0.05, 0.1) is 22.4 Å². The van der Waals surface area contributed by atoms with Crippen LogP contribution in [0.2, 0.25) is 0 Å². The molecule has 0 radical (unpaired) electrons. The van der Waals surface area contributed by atoms with E-state index >= 15 is 0 Å². The first-order chi connectivity index (χ1) is 12.1. The molecular weight excluding hydrogens is 304 g/mol. The molecule has 1 aromatic heterocycles. The first-order valence-electron chi connectivity index (χ1n) is 8.53. The number of aromatic nitrogens is 2. The van der Waals surface area contributed by atoms with E-state index in [2.05, 4.69) is 81.4 Å². The molecule has 0 aliphatic rings. The average molecular weight is 324 g/mol. The Hall–Kier alpha value is -3.00. The van der Waals surface area contributed by atoms with E-state index in [4.69, 9.17) is 9.97 Å². The van der Waals surface area contributed by atoms with Crippen LogP contribution in [0.1, 0.15) is 16.7 Å². The van der Waals surface area contributed by atoms with Gasteiger partial charge in [-0.15, -0.1) is 0 Å². The highest BCUT2D eigenvalue weighted by Gasteiger charge is 2.13. The number of hydrogen-bond acceptors (Lipinski definition) is 2. The molecule has 0 fully saturated rings. The maximum absolute atomic E-state index is 4.97. The third-order valence-electron chi connectivity index (χ3n) is 4.47. The van der Waals surface area contributed by atoms with Crippen LogP contribution in [-0.4, -0.2) is 9.97 Å². The normalized spacial score (nSPS) is 11.0. The molecule has 0 atom stereocenters. The second-order valence-corrected chi connectivity index (χ2v) is 6.65. The van der Waals surface area contributed by atoms with Crippen molar-refractivity contribution in [3.05, 3.63) is 83.4 Å². The van der Waals surface area contributed by atoms with Crippen molar-refractivity contribution in [1.82, 2.24) is 9.97 Å². The molecule has 2 heteroatoms. The van der Waals surface area contributed by atoms with Gasteiger partial charge >= 0.3 is 0 Å². The van der Waals surface area contributed by atoms with Gasteiger partial charge in [0.25, 0.3) is 0 Å². The summed E-state index contributed by atoms with van der Waals surface area (Å²) in [5, 5.41) is 0. The molecule has 122 valence electrons. The summed E-state index contributed by atoms with van der Waals surface area (Å²) in [5.74, 6) is 0. The molecule has 25 heavy (non-hydrogen) atoms. The van der Waals surface area contributed by atoms with Gasteiger partial charge in [-0.2, -0.15) is 0 Å². The molecule has 3 aromatic carbocycles. The second-order valence-electron chi connectivity index (χ2n) is 6.65. The van der Waals surface area contributed by atoms with E-state index < -0.39 is 0 Å². The lowest BCUT2D eigenvalue weighted by molar-refractivity contribution is 1.28. The largest absolute Gasteiger partial charge is 0.244 e. The Morgan fingerprint density at radius 1 is 0.480 bits per heavy atom. The summed E-state index contributed by atoms with van der Waals surface area (Å²) >= 11 is 0. The lowest BCUT2D eigenvalue weighted by atomic mass is 10.0. The van der Waals surface area contributed by atoms with E-state index in [0.717, 1.165) is 33.5 Å². The van der Waals surface area contributed by atoms with E-state index in [-0.39, 0.29) is 0 Å². The third-order valence-corrected chi connectivity index (χ3v) is 4.47. The number of benzene rings is 3. The zero-order valence-electron chi connectivity index (χ0n) is 14.7. The van der Waals surface area contributed by atoms with Crippen LogP contribution in [-0.2, 0) is 0 Å². The summed E-state index contributed by atoms with van der Waals surface area (Å²) in [6.07, 6.45) is 0. The van der Waals surface area contributed by atoms with E-state index in [1.165, 1.54) is 16.7 Å². The maximum Gasteiger partial charge on any atom is 0.0973 e. The van der Waals surface area contributed by atoms with Gasteiger partial charge in [0.2, 0.25) is 0 Å². The average Bonchev–Trinajstić information content (AvgIpc) is 2.62. The minimum absolute atomic E-state index is 0.928. The van der Waals surface area contributed by atoms with Crippen LogP contribution in [0.15, 0.2) is 66.7 Å². The Labute approximate surface area is 148 Å². The van der Waals surface area contributed by atoms with Gasteiger partial charge in [0.15, 0.2) is 0 Å². The van der Waals surface area contributed by atoms with Crippen molar-refractivity contribution >= 4 is 11.0 Å². The quantitative estimate of drug-likeness (QED) is 0.459. The fourth-order valence-electron chi connectivity index (χ4n) is 2.99. The molecular formula is C23H20N2. The summed E-state index contributed by atoms with van der Waals surface area (Å²) in [6.45, 7) is 6.28. The Balaban J connectivity index is 2.01. The van der Waals surface area contributed by atoms with Crippen molar-refractivity contribution < 1.29 is 0 Å². The predicted octanol–water partition coefficient (Wildman–Crippen LogP) is 5.89. The first kappa shape index (κ1) is 15.5. The van der Waals surface area contributed by atoms with Crippen LogP contribution in [0.4, 0.5) is 0 Å². The molecule has 0 saturated heterocycles. The standard InChI is InChI=1S/C23H20N2/c1-15-4-9-18(10-5-15)22-23(19-11-6-16(2)7-12-19)25-21-14-17(3)8-13-20(21)24-22/h4-14H,1-3H3. The molecule has 0 saturated carbocycles. The van der Waals surface area contributed by atoms with Crippen molar-refractivity contribution in [2.75, 3.05) is 0 Å². The second kappa shape index (κ2) is 6.14.